The second-order valence-electron chi connectivity index (χ2n) is 6.74. The molecule has 31 heavy (non-hydrogen) atoms. The number of hydrogen-bond donors (Lipinski definition) is 1. The Hall–Kier alpha value is -3.95. The molecule has 0 fully saturated rings. The van der Waals surface area contributed by atoms with Gasteiger partial charge in [0.2, 0.25) is 5.91 Å². The number of rotatable bonds is 6. The average Bonchev–Trinajstić information content (AvgIpc) is 3.18. The predicted octanol–water partition coefficient (Wildman–Crippen LogP) is 2.71. The third-order valence-corrected chi connectivity index (χ3v) is 4.73. The molecular formula is C21H16F3N5O2. The van der Waals surface area contributed by atoms with E-state index in [4.69, 9.17) is 0 Å². The average molecular weight is 427 g/mol. The van der Waals surface area contributed by atoms with E-state index in [-0.39, 0.29) is 30.5 Å². The van der Waals surface area contributed by atoms with Crippen molar-refractivity contribution in [2.24, 2.45) is 0 Å². The van der Waals surface area contributed by atoms with Crippen LogP contribution in [0.3, 0.4) is 0 Å². The van der Waals surface area contributed by atoms with Crippen LogP contribution >= 0.6 is 0 Å². The van der Waals surface area contributed by atoms with Gasteiger partial charge in [0.15, 0.2) is 5.65 Å². The fourth-order valence-electron chi connectivity index (χ4n) is 3.08. The first-order valence-corrected chi connectivity index (χ1v) is 9.33. The van der Waals surface area contributed by atoms with Crippen LogP contribution in [-0.2, 0) is 17.9 Å². The largest absolute Gasteiger partial charge is 0.352 e. The normalized spacial score (nSPS) is 11.1. The molecule has 0 saturated heterocycles. The van der Waals surface area contributed by atoms with Crippen LogP contribution in [0, 0.1) is 17.5 Å². The summed E-state index contributed by atoms with van der Waals surface area (Å²) in [6.07, 6.45) is 2.55. The maximum atomic E-state index is 13.6. The van der Waals surface area contributed by atoms with Crippen molar-refractivity contribution in [3.63, 3.8) is 0 Å². The van der Waals surface area contributed by atoms with Gasteiger partial charge in [-0.2, -0.15) is 5.10 Å². The van der Waals surface area contributed by atoms with Gasteiger partial charge >= 0.3 is 0 Å². The van der Waals surface area contributed by atoms with Crippen LogP contribution in [0.15, 0.2) is 59.8 Å². The van der Waals surface area contributed by atoms with Gasteiger partial charge < -0.3 is 5.32 Å². The van der Waals surface area contributed by atoms with Crippen molar-refractivity contribution in [1.82, 2.24) is 24.6 Å². The molecule has 0 atom stereocenters. The first-order chi connectivity index (χ1) is 14.9. The number of nitrogens with one attached hydrogen (secondary N) is 1. The number of aryl methyl sites for hydroxylation is 1. The van der Waals surface area contributed by atoms with Gasteiger partial charge in [0, 0.05) is 25.1 Å². The number of carbonyl (C=O) groups is 1. The summed E-state index contributed by atoms with van der Waals surface area (Å²) in [5, 5.41) is 6.81. The van der Waals surface area contributed by atoms with Crippen molar-refractivity contribution in [3.05, 3.63) is 88.4 Å². The molecule has 1 amide bonds. The fourth-order valence-corrected chi connectivity index (χ4v) is 3.08. The summed E-state index contributed by atoms with van der Waals surface area (Å²) in [6, 6.07) is 9.03. The summed E-state index contributed by atoms with van der Waals surface area (Å²) < 4.78 is 43.0. The topological polar surface area (TPSA) is 81.8 Å². The Bertz CT molecular complexity index is 1290. The summed E-state index contributed by atoms with van der Waals surface area (Å²) in [5.74, 6) is -2.36. The van der Waals surface area contributed by atoms with Crippen LogP contribution in [0.2, 0.25) is 0 Å². The highest BCUT2D eigenvalue weighted by atomic mass is 19.1. The lowest BCUT2D eigenvalue weighted by atomic mass is 10.2. The minimum Gasteiger partial charge on any atom is -0.352 e. The van der Waals surface area contributed by atoms with E-state index in [0.29, 0.717) is 11.3 Å². The second kappa shape index (κ2) is 8.42. The molecule has 7 nitrogen and oxygen atoms in total. The predicted molar refractivity (Wildman–Crippen MR) is 106 cm³/mol. The molecule has 4 aromatic rings. The van der Waals surface area contributed by atoms with Gasteiger partial charge in [0.05, 0.1) is 18.2 Å². The molecule has 0 unspecified atom stereocenters. The maximum Gasteiger partial charge on any atom is 0.264 e. The van der Waals surface area contributed by atoms with Crippen LogP contribution in [0.25, 0.3) is 16.7 Å². The van der Waals surface area contributed by atoms with E-state index in [0.717, 1.165) is 12.1 Å². The molecule has 0 radical (unpaired) electrons. The summed E-state index contributed by atoms with van der Waals surface area (Å²) in [6.45, 7) is -0.275. The summed E-state index contributed by atoms with van der Waals surface area (Å²) in [7, 11) is 0. The van der Waals surface area contributed by atoms with Crippen molar-refractivity contribution >= 4 is 16.9 Å². The quantitative estimate of drug-likeness (QED) is 0.513. The Morgan fingerprint density at radius 1 is 1.03 bits per heavy atom. The molecule has 0 aliphatic rings. The van der Waals surface area contributed by atoms with Gasteiger partial charge in [-0.3, -0.25) is 14.2 Å². The van der Waals surface area contributed by atoms with E-state index in [1.165, 1.54) is 52.1 Å². The van der Waals surface area contributed by atoms with E-state index in [2.05, 4.69) is 15.4 Å². The zero-order chi connectivity index (χ0) is 22.0. The van der Waals surface area contributed by atoms with Crippen LogP contribution in [0.4, 0.5) is 13.2 Å². The lowest BCUT2D eigenvalue weighted by Gasteiger charge is -2.09. The molecule has 4 rings (SSSR count). The third-order valence-electron chi connectivity index (χ3n) is 4.73. The fraction of sp³-hybridized carbons (Fsp3) is 0.143. The Labute approximate surface area is 173 Å². The zero-order valence-corrected chi connectivity index (χ0v) is 16.1. The van der Waals surface area contributed by atoms with Gasteiger partial charge in [0.1, 0.15) is 22.8 Å². The number of hydrogen-bond acceptors (Lipinski definition) is 4. The standard InChI is InChI=1S/C21H16F3N5O2/c22-13-4-6-14(7-5-13)29-20-16(11-27-29)21(31)28(12-26-20)9-8-19(30)25-10-15-17(23)2-1-3-18(15)24/h1-7,11-12H,8-10H2,(H,25,30). The molecule has 2 heterocycles. The number of amides is 1. The van der Waals surface area contributed by atoms with E-state index < -0.39 is 28.9 Å². The van der Waals surface area contributed by atoms with Crippen molar-refractivity contribution in [3.8, 4) is 5.69 Å². The second-order valence-corrected chi connectivity index (χ2v) is 6.74. The molecule has 0 aliphatic heterocycles. The molecule has 0 saturated carbocycles. The van der Waals surface area contributed by atoms with Crippen molar-refractivity contribution < 1.29 is 18.0 Å². The monoisotopic (exact) mass is 427 g/mol. The minimum atomic E-state index is -0.746. The number of aromatic nitrogens is 4. The number of halogens is 3. The molecule has 2 aromatic heterocycles. The Kier molecular flexibility index (Phi) is 5.52. The summed E-state index contributed by atoms with van der Waals surface area (Å²) >= 11 is 0. The lowest BCUT2D eigenvalue weighted by Crippen LogP contribution is -2.28. The number of fused-ring (bicyclic) bond motifs is 1. The van der Waals surface area contributed by atoms with Crippen molar-refractivity contribution in [2.45, 2.75) is 19.5 Å². The first-order valence-electron chi connectivity index (χ1n) is 9.33. The highest BCUT2D eigenvalue weighted by molar-refractivity contribution is 5.76. The van der Waals surface area contributed by atoms with Crippen molar-refractivity contribution in [1.29, 1.82) is 0 Å². The van der Waals surface area contributed by atoms with Gasteiger partial charge in [-0.1, -0.05) is 6.07 Å². The maximum absolute atomic E-state index is 13.6. The van der Waals surface area contributed by atoms with Gasteiger partial charge in [-0.15, -0.1) is 0 Å². The van der Waals surface area contributed by atoms with Gasteiger partial charge in [-0.25, -0.2) is 22.8 Å². The Morgan fingerprint density at radius 2 is 1.74 bits per heavy atom. The van der Waals surface area contributed by atoms with E-state index >= 15 is 0 Å². The molecule has 0 aliphatic carbocycles. The number of nitrogens with zero attached hydrogens (tertiary/aromatic N) is 4. The Morgan fingerprint density at radius 3 is 2.45 bits per heavy atom. The molecular weight excluding hydrogens is 411 g/mol. The smallest absolute Gasteiger partial charge is 0.264 e. The number of carbonyl (C=O) groups excluding carboxylic acids is 1. The minimum absolute atomic E-state index is 0.0229. The molecule has 158 valence electrons. The zero-order valence-electron chi connectivity index (χ0n) is 16.1. The van der Waals surface area contributed by atoms with E-state index in [1.807, 2.05) is 0 Å². The molecule has 0 bridgehead atoms. The highest BCUT2D eigenvalue weighted by Gasteiger charge is 2.13. The molecule has 2 aromatic carbocycles. The molecule has 10 heteroatoms. The SMILES string of the molecule is O=C(CCn1cnc2c(cnn2-c2ccc(F)cc2)c1=O)NCc1c(F)cccc1F. The van der Waals surface area contributed by atoms with E-state index in [9.17, 15) is 22.8 Å². The van der Waals surface area contributed by atoms with E-state index in [1.54, 1.807) is 0 Å². The van der Waals surface area contributed by atoms with Crippen LogP contribution in [-0.4, -0.2) is 25.2 Å². The number of benzene rings is 2. The summed E-state index contributed by atoms with van der Waals surface area (Å²) in [4.78, 5) is 29.0. The van der Waals surface area contributed by atoms with Crippen molar-refractivity contribution in [2.75, 3.05) is 0 Å². The van der Waals surface area contributed by atoms with Crippen LogP contribution in [0.1, 0.15) is 12.0 Å². The van der Waals surface area contributed by atoms with Crippen LogP contribution in [0.5, 0.6) is 0 Å². The van der Waals surface area contributed by atoms with Crippen LogP contribution < -0.4 is 10.9 Å². The summed E-state index contributed by atoms with van der Waals surface area (Å²) in [5.41, 5.74) is 0.212. The molecule has 1 N–H and O–H groups in total. The first kappa shape index (κ1) is 20.3. The lowest BCUT2D eigenvalue weighted by molar-refractivity contribution is -0.121. The Balaban J connectivity index is 1.45. The third kappa shape index (κ3) is 4.18. The highest BCUT2D eigenvalue weighted by Crippen LogP contribution is 2.14. The molecule has 0 spiro atoms. The van der Waals surface area contributed by atoms with Gasteiger partial charge in [-0.05, 0) is 36.4 Å². The van der Waals surface area contributed by atoms with Gasteiger partial charge in [0.25, 0.3) is 5.56 Å².